The molecule has 0 unspecified atom stereocenters. The van der Waals surface area contributed by atoms with Crippen LogP contribution in [0.25, 0.3) is 32.9 Å². The smallest absolute Gasteiger partial charge is 0.337 e. The van der Waals surface area contributed by atoms with E-state index >= 15 is 0 Å². The summed E-state index contributed by atoms with van der Waals surface area (Å²) in [6, 6.07) is 15.2. The van der Waals surface area contributed by atoms with E-state index < -0.39 is 0 Å². The van der Waals surface area contributed by atoms with Crippen molar-refractivity contribution in [3.05, 3.63) is 71.4 Å². The van der Waals surface area contributed by atoms with Crippen molar-refractivity contribution in [1.29, 1.82) is 0 Å². The number of aromatic amines is 1. The standard InChI is InChI=1S/C22H16N4O3S2/c1-28-21(27)14-8-6-13(7-9-14)20-24-15(11-30-20)12-31-22-26-25-19(29-22)17-10-23-18-5-3-2-4-16(17)18/h2-11,23H,12H2,1H3. The number of aromatic nitrogens is 4. The number of ether oxygens (including phenoxy) is 1. The molecule has 0 amide bonds. The second-order valence-electron chi connectivity index (χ2n) is 6.62. The van der Waals surface area contributed by atoms with Gasteiger partial charge in [-0.25, -0.2) is 9.78 Å². The molecule has 3 heterocycles. The summed E-state index contributed by atoms with van der Waals surface area (Å²) < 4.78 is 10.6. The van der Waals surface area contributed by atoms with Crippen molar-refractivity contribution in [2.75, 3.05) is 7.11 Å². The number of para-hydroxylation sites is 1. The molecule has 0 atom stereocenters. The molecule has 0 fully saturated rings. The molecule has 0 saturated carbocycles. The molecule has 0 aliphatic carbocycles. The summed E-state index contributed by atoms with van der Waals surface area (Å²) >= 11 is 3.00. The summed E-state index contributed by atoms with van der Waals surface area (Å²) in [5, 5.41) is 12.8. The molecule has 9 heteroatoms. The number of H-pyrrole nitrogens is 1. The molecule has 0 saturated heterocycles. The molecule has 0 bridgehead atoms. The van der Waals surface area contributed by atoms with Crippen molar-refractivity contribution in [2.45, 2.75) is 11.0 Å². The molecule has 0 radical (unpaired) electrons. The lowest BCUT2D eigenvalue weighted by Crippen LogP contribution is -2.00. The van der Waals surface area contributed by atoms with Crippen LogP contribution < -0.4 is 0 Å². The molecule has 7 nitrogen and oxygen atoms in total. The lowest BCUT2D eigenvalue weighted by molar-refractivity contribution is 0.0601. The number of hydrogen-bond acceptors (Lipinski definition) is 8. The summed E-state index contributed by atoms with van der Waals surface area (Å²) in [5.74, 6) is 0.755. The highest BCUT2D eigenvalue weighted by Crippen LogP contribution is 2.31. The zero-order valence-corrected chi connectivity index (χ0v) is 18.0. The molecule has 5 aromatic rings. The summed E-state index contributed by atoms with van der Waals surface area (Å²) in [6.07, 6.45) is 1.88. The minimum Gasteiger partial charge on any atom is -0.465 e. The van der Waals surface area contributed by atoms with Crippen molar-refractivity contribution in [3.8, 4) is 22.0 Å². The number of nitrogens with one attached hydrogen (secondary N) is 1. The Kier molecular flexibility index (Phi) is 5.27. The van der Waals surface area contributed by atoms with E-state index in [4.69, 9.17) is 9.15 Å². The van der Waals surface area contributed by atoms with Gasteiger partial charge in [0.1, 0.15) is 5.01 Å². The minimum absolute atomic E-state index is 0.352. The van der Waals surface area contributed by atoms with Gasteiger partial charge in [-0.3, -0.25) is 0 Å². The Bertz CT molecular complexity index is 1350. The molecule has 1 N–H and O–H groups in total. The number of thioether (sulfide) groups is 1. The lowest BCUT2D eigenvalue weighted by atomic mass is 10.1. The predicted octanol–water partition coefficient (Wildman–Crippen LogP) is 5.42. The van der Waals surface area contributed by atoms with Crippen LogP contribution in [0.15, 0.2) is 69.7 Å². The molecule has 3 aromatic heterocycles. The van der Waals surface area contributed by atoms with E-state index in [-0.39, 0.29) is 5.97 Å². The number of benzene rings is 2. The first-order valence-electron chi connectivity index (χ1n) is 9.37. The van der Waals surface area contributed by atoms with Crippen LogP contribution >= 0.6 is 23.1 Å². The molecular formula is C22H16N4O3S2. The first kappa shape index (κ1) is 19.5. The van der Waals surface area contributed by atoms with Crippen LogP contribution in [0.1, 0.15) is 16.1 Å². The second-order valence-corrected chi connectivity index (χ2v) is 8.41. The van der Waals surface area contributed by atoms with Crippen LogP contribution in [0.4, 0.5) is 0 Å². The van der Waals surface area contributed by atoms with E-state index in [0.29, 0.717) is 22.4 Å². The first-order chi connectivity index (χ1) is 15.2. The molecule has 5 rings (SSSR count). The maximum atomic E-state index is 11.6. The molecule has 0 spiro atoms. The number of carbonyl (C=O) groups excluding carboxylic acids is 1. The number of esters is 1. The number of nitrogens with zero attached hydrogens (tertiary/aromatic N) is 3. The van der Waals surface area contributed by atoms with E-state index in [0.717, 1.165) is 32.7 Å². The number of rotatable bonds is 6. The van der Waals surface area contributed by atoms with Crippen molar-refractivity contribution < 1.29 is 13.9 Å². The van der Waals surface area contributed by atoms with Crippen molar-refractivity contribution in [2.24, 2.45) is 0 Å². The number of methoxy groups -OCH3 is 1. The molecule has 0 aliphatic rings. The zero-order valence-electron chi connectivity index (χ0n) is 16.4. The maximum absolute atomic E-state index is 11.6. The molecule has 2 aromatic carbocycles. The fourth-order valence-electron chi connectivity index (χ4n) is 3.13. The summed E-state index contributed by atoms with van der Waals surface area (Å²) in [6.45, 7) is 0. The van der Waals surface area contributed by atoms with Gasteiger partial charge in [0.2, 0.25) is 0 Å². The van der Waals surface area contributed by atoms with Gasteiger partial charge in [0, 0.05) is 33.8 Å². The zero-order chi connectivity index (χ0) is 21.2. The number of thiazole rings is 1. The highest BCUT2D eigenvalue weighted by molar-refractivity contribution is 7.98. The number of hydrogen-bond donors (Lipinski definition) is 1. The van der Waals surface area contributed by atoms with Gasteiger partial charge in [-0.15, -0.1) is 21.5 Å². The largest absolute Gasteiger partial charge is 0.465 e. The Morgan fingerprint density at radius 3 is 2.84 bits per heavy atom. The van der Waals surface area contributed by atoms with Crippen LogP contribution in [0.3, 0.4) is 0 Å². The summed E-state index contributed by atoms with van der Waals surface area (Å²) in [7, 11) is 1.37. The quantitative estimate of drug-likeness (QED) is 0.274. The number of carbonyl (C=O) groups is 1. The fraction of sp³-hybridized carbons (Fsp3) is 0.0909. The summed E-state index contributed by atoms with van der Waals surface area (Å²) in [4.78, 5) is 19.5. The third-order valence-electron chi connectivity index (χ3n) is 4.67. The van der Waals surface area contributed by atoms with Crippen molar-refractivity contribution >= 4 is 40.0 Å². The van der Waals surface area contributed by atoms with Gasteiger partial charge >= 0.3 is 5.97 Å². The summed E-state index contributed by atoms with van der Waals surface area (Å²) in [5.41, 5.74) is 4.31. The van der Waals surface area contributed by atoms with Gasteiger partial charge < -0.3 is 14.1 Å². The molecule has 154 valence electrons. The van der Waals surface area contributed by atoms with Gasteiger partial charge in [-0.05, 0) is 18.2 Å². The lowest BCUT2D eigenvalue weighted by Gasteiger charge is -2.00. The van der Waals surface area contributed by atoms with Gasteiger partial charge in [0.15, 0.2) is 0 Å². The molecule has 0 aliphatic heterocycles. The predicted molar refractivity (Wildman–Crippen MR) is 120 cm³/mol. The highest BCUT2D eigenvalue weighted by atomic mass is 32.2. The maximum Gasteiger partial charge on any atom is 0.337 e. The van der Waals surface area contributed by atoms with Gasteiger partial charge in [0.05, 0.1) is 23.9 Å². The van der Waals surface area contributed by atoms with E-state index in [1.165, 1.54) is 18.9 Å². The van der Waals surface area contributed by atoms with Gasteiger partial charge in [-0.2, -0.15) is 0 Å². The monoisotopic (exact) mass is 448 g/mol. The van der Waals surface area contributed by atoms with Crippen molar-refractivity contribution in [1.82, 2.24) is 20.2 Å². The van der Waals surface area contributed by atoms with E-state index in [2.05, 4.69) is 20.2 Å². The highest BCUT2D eigenvalue weighted by Gasteiger charge is 2.14. The van der Waals surface area contributed by atoms with Gasteiger partial charge in [0.25, 0.3) is 11.1 Å². The number of fused-ring (bicyclic) bond motifs is 1. The Labute approximate surface area is 185 Å². The third-order valence-corrected chi connectivity index (χ3v) is 6.47. The Morgan fingerprint density at radius 1 is 1.16 bits per heavy atom. The normalized spacial score (nSPS) is 11.1. The van der Waals surface area contributed by atoms with E-state index in [9.17, 15) is 4.79 Å². The molecule has 31 heavy (non-hydrogen) atoms. The second kappa shape index (κ2) is 8.37. The van der Waals surface area contributed by atoms with Crippen LogP contribution in [0, 0.1) is 0 Å². The topological polar surface area (TPSA) is 93.9 Å². The fourth-order valence-corrected chi connectivity index (χ4v) is 4.72. The van der Waals surface area contributed by atoms with Crippen molar-refractivity contribution in [3.63, 3.8) is 0 Å². The third kappa shape index (κ3) is 3.97. The van der Waals surface area contributed by atoms with E-state index in [1.54, 1.807) is 23.5 Å². The Morgan fingerprint density at radius 2 is 2.00 bits per heavy atom. The van der Waals surface area contributed by atoms with Crippen LogP contribution in [-0.4, -0.2) is 33.2 Å². The average molecular weight is 449 g/mol. The van der Waals surface area contributed by atoms with Gasteiger partial charge in [-0.1, -0.05) is 42.1 Å². The van der Waals surface area contributed by atoms with Crippen LogP contribution in [-0.2, 0) is 10.5 Å². The van der Waals surface area contributed by atoms with E-state index in [1.807, 2.05) is 48.0 Å². The molecular weight excluding hydrogens is 432 g/mol. The first-order valence-corrected chi connectivity index (χ1v) is 11.2. The SMILES string of the molecule is COC(=O)c1ccc(-c2nc(CSc3nnc(-c4c[nH]c5ccccc45)o3)cs2)cc1. The Hall–Kier alpha value is -3.43. The minimum atomic E-state index is -0.352. The Balaban J connectivity index is 1.26. The average Bonchev–Trinajstić information content (AvgIpc) is 3.56. The van der Waals surface area contributed by atoms with Crippen LogP contribution in [0.2, 0.25) is 0 Å². The van der Waals surface area contributed by atoms with Crippen LogP contribution in [0.5, 0.6) is 0 Å².